The molecular formula is C25H26N4O4. The van der Waals surface area contributed by atoms with Crippen molar-refractivity contribution < 1.29 is 18.8 Å². The van der Waals surface area contributed by atoms with E-state index in [0.29, 0.717) is 56.4 Å². The predicted molar refractivity (Wildman–Crippen MR) is 120 cm³/mol. The molecule has 0 saturated carbocycles. The Morgan fingerprint density at radius 1 is 1.06 bits per heavy atom. The zero-order chi connectivity index (χ0) is 23.0. The van der Waals surface area contributed by atoms with E-state index in [0.717, 1.165) is 11.1 Å². The first-order chi connectivity index (χ1) is 15.9. The Kier molecular flexibility index (Phi) is 5.46. The molecule has 0 spiro atoms. The number of esters is 1. The molecule has 0 radical (unpaired) electrons. The van der Waals surface area contributed by atoms with Crippen molar-refractivity contribution >= 4 is 11.9 Å². The summed E-state index contributed by atoms with van der Waals surface area (Å²) < 4.78 is 11.1. The van der Waals surface area contributed by atoms with Crippen molar-refractivity contribution in [3.63, 3.8) is 0 Å². The number of benzene rings is 2. The van der Waals surface area contributed by atoms with Crippen LogP contribution in [0.3, 0.4) is 0 Å². The number of aryl methyl sites for hydroxylation is 1. The van der Waals surface area contributed by atoms with E-state index in [9.17, 15) is 9.59 Å². The number of aromatic nitrogens is 2. The van der Waals surface area contributed by atoms with Gasteiger partial charge in [0.2, 0.25) is 11.7 Å². The fraction of sp³-hybridized carbons (Fsp3) is 0.360. The van der Waals surface area contributed by atoms with Crippen molar-refractivity contribution in [2.45, 2.75) is 32.4 Å². The number of cyclic esters (lactones) is 1. The number of nitrogens with zero attached hydrogens (tertiary/aromatic N) is 4. The smallest absolute Gasteiger partial charge is 0.339 e. The normalized spacial score (nSPS) is 20.9. The lowest BCUT2D eigenvalue weighted by Gasteiger charge is -2.40. The quantitative estimate of drug-likeness (QED) is 0.570. The van der Waals surface area contributed by atoms with Gasteiger partial charge in [-0.25, -0.2) is 4.79 Å². The largest absolute Gasteiger partial charge is 0.445 e. The maximum Gasteiger partial charge on any atom is 0.339 e. The highest BCUT2D eigenvalue weighted by atomic mass is 16.6. The van der Waals surface area contributed by atoms with Gasteiger partial charge in [0.1, 0.15) is 0 Å². The van der Waals surface area contributed by atoms with Gasteiger partial charge in [0.25, 0.3) is 5.91 Å². The van der Waals surface area contributed by atoms with E-state index >= 15 is 0 Å². The van der Waals surface area contributed by atoms with Crippen LogP contribution < -0.4 is 0 Å². The van der Waals surface area contributed by atoms with Crippen molar-refractivity contribution in [1.29, 1.82) is 0 Å². The van der Waals surface area contributed by atoms with Crippen molar-refractivity contribution in [2.75, 3.05) is 26.2 Å². The minimum absolute atomic E-state index is 0.149. The van der Waals surface area contributed by atoms with Gasteiger partial charge in [-0.05, 0) is 25.5 Å². The monoisotopic (exact) mass is 446 g/mol. The van der Waals surface area contributed by atoms with Crippen LogP contribution in [0.5, 0.6) is 0 Å². The number of hydrogen-bond acceptors (Lipinski definition) is 7. The van der Waals surface area contributed by atoms with Gasteiger partial charge < -0.3 is 14.2 Å². The van der Waals surface area contributed by atoms with Crippen molar-refractivity contribution in [3.8, 4) is 11.4 Å². The van der Waals surface area contributed by atoms with E-state index in [2.05, 4.69) is 15.0 Å². The number of carbonyl (C=O) groups excluding carboxylic acids is 2. The second-order valence-corrected chi connectivity index (χ2v) is 8.90. The third-order valence-electron chi connectivity index (χ3n) is 6.33. The van der Waals surface area contributed by atoms with Gasteiger partial charge in [-0.2, -0.15) is 4.98 Å². The summed E-state index contributed by atoms with van der Waals surface area (Å²) in [4.78, 5) is 34.2. The lowest BCUT2D eigenvalue weighted by molar-refractivity contribution is -0.153. The summed E-state index contributed by atoms with van der Waals surface area (Å²) in [6.45, 7) is 6.72. The highest BCUT2D eigenvalue weighted by Gasteiger charge is 2.45. The molecule has 1 aromatic heterocycles. The molecule has 0 aliphatic carbocycles. The molecule has 0 bridgehead atoms. The number of fused-ring (bicyclic) bond motifs is 1. The maximum atomic E-state index is 13.3. The zero-order valence-electron chi connectivity index (χ0n) is 18.8. The highest BCUT2D eigenvalue weighted by molar-refractivity contribution is 5.97. The van der Waals surface area contributed by atoms with Crippen LogP contribution in [-0.2, 0) is 22.5 Å². The average Bonchev–Trinajstić information content (AvgIpc) is 3.28. The molecule has 1 atom stereocenters. The van der Waals surface area contributed by atoms with Crippen LogP contribution in [0.1, 0.15) is 34.3 Å². The predicted octanol–water partition coefficient (Wildman–Crippen LogP) is 2.86. The molecule has 170 valence electrons. The Balaban J connectivity index is 1.19. The molecule has 1 saturated heterocycles. The Morgan fingerprint density at radius 3 is 2.55 bits per heavy atom. The second kappa shape index (κ2) is 8.44. The highest BCUT2D eigenvalue weighted by Crippen LogP contribution is 2.30. The van der Waals surface area contributed by atoms with Crippen LogP contribution in [0.4, 0.5) is 0 Å². The van der Waals surface area contributed by atoms with Crippen LogP contribution in [0.15, 0.2) is 53.1 Å². The van der Waals surface area contributed by atoms with Crippen molar-refractivity contribution in [3.05, 3.63) is 71.1 Å². The van der Waals surface area contributed by atoms with Crippen LogP contribution in [0.2, 0.25) is 0 Å². The Labute approximate surface area is 192 Å². The molecule has 8 heteroatoms. The van der Waals surface area contributed by atoms with E-state index in [4.69, 9.17) is 9.26 Å². The van der Waals surface area contributed by atoms with E-state index in [1.54, 1.807) is 24.0 Å². The van der Waals surface area contributed by atoms with Crippen LogP contribution in [0, 0.1) is 6.92 Å². The first-order valence-corrected chi connectivity index (χ1v) is 11.1. The molecule has 1 fully saturated rings. The number of carbonyl (C=O) groups is 2. The summed E-state index contributed by atoms with van der Waals surface area (Å²) in [6, 6.07) is 15.3. The van der Waals surface area contributed by atoms with Gasteiger partial charge in [0.15, 0.2) is 5.60 Å². The van der Waals surface area contributed by atoms with Crippen LogP contribution >= 0.6 is 0 Å². The van der Waals surface area contributed by atoms with E-state index in [1.807, 2.05) is 43.3 Å². The van der Waals surface area contributed by atoms with Crippen molar-refractivity contribution in [2.24, 2.45) is 0 Å². The van der Waals surface area contributed by atoms with Gasteiger partial charge in [0, 0.05) is 38.2 Å². The van der Waals surface area contributed by atoms with Gasteiger partial charge in [-0.15, -0.1) is 0 Å². The molecule has 5 rings (SSSR count). The Hall–Kier alpha value is -3.52. The third-order valence-corrected chi connectivity index (χ3v) is 6.33. The van der Waals surface area contributed by atoms with Crippen LogP contribution in [-0.4, -0.2) is 63.6 Å². The molecule has 8 nitrogen and oxygen atoms in total. The molecule has 1 amide bonds. The fourth-order valence-corrected chi connectivity index (χ4v) is 4.43. The number of piperazine rings is 1. The van der Waals surface area contributed by atoms with E-state index in [1.165, 1.54) is 5.56 Å². The molecule has 2 aliphatic rings. The molecule has 3 heterocycles. The summed E-state index contributed by atoms with van der Waals surface area (Å²) in [5, 5.41) is 4.09. The molecule has 2 aliphatic heterocycles. The summed E-state index contributed by atoms with van der Waals surface area (Å²) in [7, 11) is 0. The standard InChI is InChI=1S/C25H26N4O4/c1-17-7-9-18(10-8-17)22-26-21(33-27-22)16-28-11-13-29(14-12-28)24(31)25(2)15-19-5-3-4-6-20(19)23(30)32-25/h3-10H,11-16H2,1-2H3. The van der Waals surface area contributed by atoms with Gasteiger partial charge in [0.05, 0.1) is 12.1 Å². The van der Waals surface area contributed by atoms with Crippen LogP contribution in [0.25, 0.3) is 11.4 Å². The SMILES string of the molecule is Cc1ccc(-c2noc(CN3CCN(C(=O)C4(C)Cc5ccccc5C(=O)O4)CC3)n2)cc1. The lowest BCUT2D eigenvalue weighted by atomic mass is 9.88. The Bertz CT molecular complexity index is 1180. The van der Waals surface area contributed by atoms with Gasteiger partial charge >= 0.3 is 5.97 Å². The molecule has 1 unspecified atom stereocenters. The number of hydrogen-bond donors (Lipinski definition) is 0. The summed E-state index contributed by atoms with van der Waals surface area (Å²) in [5.41, 5.74) is 2.31. The minimum atomic E-state index is -1.18. The minimum Gasteiger partial charge on any atom is -0.445 e. The van der Waals surface area contributed by atoms with Crippen molar-refractivity contribution in [1.82, 2.24) is 19.9 Å². The summed E-state index contributed by atoms with van der Waals surface area (Å²) in [5.74, 6) is 0.540. The van der Waals surface area contributed by atoms with Gasteiger partial charge in [-0.3, -0.25) is 9.69 Å². The first-order valence-electron chi connectivity index (χ1n) is 11.1. The first kappa shape index (κ1) is 21.3. The second-order valence-electron chi connectivity index (χ2n) is 8.90. The topological polar surface area (TPSA) is 88.8 Å². The third kappa shape index (κ3) is 4.26. The number of ether oxygens (including phenoxy) is 1. The van der Waals surface area contributed by atoms with Gasteiger partial charge in [-0.1, -0.05) is 53.2 Å². The number of rotatable bonds is 4. The number of amides is 1. The summed E-state index contributed by atoms with van der Waals surface area (Å²) in [6.07, 6.45) is 0.387. The molecule has 3 aromatic rings. The molecular weight excluding hydrogens is 420 g/mol. The lowest BCUT2D eigenvalue weighted by Crippen LogP contribution is -2.57. The molecule has 0 N–H and O–H groups in total. The Morgan fingerprint density at radius 2 is 1.79 bits per heavy atom. The fourth-order valence-electron chi connectivity index (χ4n) is 4.43. The van der Waals surface area contributed by atoms with E-state index < -0.39 is 11.6 Å². The maximum absolute atomic E-state index is 13.3. The average molecular weight is 447 g/mol. The zero-order valence-corrected chi connectivity index (χ0v) is 18.8. The molecule has 33 heavy (non-hydrogen) atoms. The van der Waals surface area contributed by atoms with E-state index in [-0.39, 0.29) is 5.91 Å². The molecule has 2 aromatic carbocycles. The summed E-state index contributed by atoms with van der Waals surface area (Å²) >= 11 is 0.